The Morgan fingerprint density at radius 1 is 1.70 bits per heavy atom. The second kappa shape index (κ2) is 9.15. The normalized spacial score (nSPS) is 21.2. The van der Waals surface area contributed by atoms with Crippen molar-refractivity contribution in [1.29, 1.82) is 0 Å². The van der Waals surface area contributed by atoms with E-state index in [1.807, 2.05) is 6.92 Å². The monoisotopic (exact) mass is 304 g/mol. The maximum absolute atomic E-state index is 10.4. The van der Waals surface area contributed by atoms with Gasteiger partial charge in [-0.3, -0.25) is 0 Å². The van der Waals surface area contributed by atoms with Crippen molar-refractivity contribution in [2.24, 2.45) is 11.0 Å². The van der Waals surface area contributed by atoms with Crippen molar-refractivity contribution in [1.82, 2.24) is 10.2 Å². The molecule has 0 radical (unpaired) electrons. The van der Waals surface area contributed by atoms with Crippen LogP contribution in [-0.4, -0.2) is 60.7 Å². The lowest BCUT2D eigenvalue weighted by atomic mass is 10.1. The number of hydrazone groups is 1. The van der Waals surface area contributed by atoms with Gasteiger partial charge in [0.25, 0.3) is 0 Å². The van der Waals surface area contributed by atoms with Crippen molar-refractivity contribution in [3.05, 3.63) is 10.1 Å². The first-order valence-corrected chi connectivity index (χ1v) is 8.03. The first-order chi connectivity index (χ1) is 9.51. The van der Waals surface area contributed by atoms with Gasteiger partial charge in [-0.25, -0.2) is 10.1 Å². The standard InChI is InChI=1S/C12H24N4O3S/c1-10(13-12(20-3)14-16(17)18)4-6-15(2)8-11-5-7-19-9-11/h10-11H,4-9H2,1-3H3,(H,13,14). The fourth-order valence-electron chi connectivity index (χ4n) is 2.16. The van der Waals surface area contributed by atoms with Crippen molar-refractivity contribution in [3.8, 4) is 0 Å². The zero-order chi connectivity index (χ0) is 15.0. The summed E-state index contributed by atoms with van der Waals surface area (Å²) in [5.41, 5.74) is 0. The molecule has 0 amide bonds. The summed E-state index contributed by atoms with van der Waals surface area (Å²) in [5, 5.41) is 16.4. The van der Waals surface area contributed by atoms with Gasteiger partial charge >= 0.3 is 0 Å². The largest absolute Gasteiger partial charge is 0.381 e. The third kappa shape index (κ3) is 7.06. The van der Waals surface area contributed by atoms with Gasteiger partial charge in [0.2, 0.25) is 5.17 Å². The van der Waals surface area contributed by atoms with Crippen molar-refractivity contribution in [3.63, 3.8) is 0 Å². The highest BCUT2D eigenvalue weighted by molar-refractivity contribution is 8.13. The molecule has 7 nitrogen and oxygen atoms in total. The number of nitrogens with one attached hydrogen (secondary N) is 1. The van der Waals surface area contributed by atoms with Gasteiger partial charge in [0.1, 0.15) is 0 Å². The van der Waals surface area contributed by atoms with Gasteiger partial charge in [-0.1, -0.05) is 11.8 Å². The molecule has 0 aliphatic carbocycles. The molecule has 0 aromatic rings. The molecule has 1 aliphatic rings. The minimum absolute atomic E-state index is 0.156. The summed E-state index contributed by atoms with van der Waals surface area (Å²) in [6.45, 7) is 5.75. The number of amidine groups is 1. The van der Waals surface area contributed by atoms with E-state index in [4.69, 9.17) is 4.74 Å². The Bertz CT molecular complexity index is 335. The summed E-state index contributed by atoms with van der Waals surface area (Å²) in [6, 6.07) is 0.156. The Hall–Kier alpha value is -0.860. The molecule has 1 rings (SSSR count). The van der Waals surface area contributed by atoms with E-state index in [1.165, 1.54) is 11.8 Å². The molecule has 8 heteroatoms. The quantitative estimate of drug-likeness (QED) is 0.330. The topological polar surface area (TPSA) is 80.0 Å². The first-order valence-electron chi connectivity index (χ1n) is 6.81. The molecule has 1 aliphatic heterocycles. The lowest BCUT2D eigenvalue weighted by molar-refractivity contribution is -0.484. The molecule has 20 heavy (non-hydrogen) atoms. The van der Waals surface area contributed by atoms with E-state index in [0.717, 1.165) is 39.1 Å². The third-order valence-electron chi connectivity index (χ3n) is 3.27. The summed E-state index contributed by atoms with van der Waals surface area (Å²) in [4.78, 5) is 12.6. The third-order valence-corrected chi connectivity index (χ3v) is 3.86. The van der Waals surface area contributed by atoms with Gasteiger partial charge in [0.15, 0.2) is 5.03 Å². The summed E-state index contributed by atoms with van der Waals surface area (Å²) < 4.78 is 5.37. The zero-order valence-electron chi connectivity index (χ0n) is 12.4. The maximum Gasteiger partial charge on any atom is 0.234 e. The van der Waals surface area contributed by atoms with E-state index in [0.29, 0.717) is 11.1 Å². The van der Waals surface area contributed by atoms with Crippen LogP contribution >= 0.6 is 11.8 Å². The van der Waals surface area contributed by atoms with Crippen LogP contribution in [0.2, 0.25) is 0 Å². The van der Waals surface area contributed by atoms with Crippen LogP contribution in [0.4, 0.5) is 0 Å². The average Bonchev–Trinajstić information content (AvgIpc) is 2.87. The number of nitrogens with zero attached hydrogens (tertiary/aromatic N) is 3. The minimum Gasteiger partial charge on any atom is -0.381 e. The van der Waals surface area contributed by atoms with Crippen LogP contribution < -0.4 is 5.32 Å². The molecule has 2 atom stereocenters. The van der Waals surface area contributed by atoms with Gasteiger partial charge in [0, 0.05) is 19.2 Å². The van der Waals surface area contributed by atoms with E-state index in [1.54, 1.807) is 6.26 Å². The van der Waals surface area contributed by atoms with Crippen molar-refractivity contribution >= 4 is 16.9 Å². The lowest BCUT2D eigenvalue weighted by Gasteiger charge is -2.22. The highest BCUT2D eigenvalue weighted by Crippen LogP contribution is 2.13. The molecule has 1 fully saturated rings. The Balaban J connectivity index is 2.23. The van der Waals surface area contributed by atoms with Crippen LogP contribution in [0.25, 0.3) is 0 Å². The predicted molar refractivity (Wildman–Crippen MR) is 81.6 cm³/mol. The zero-order valence-corrected chi connectivity index (χ0v) is 13.2. The first kappa shape index (κ1) is 17.2. The molecule has 0 saturated carbocycles. The average molecular weight is 304 g/mol. The second-order valence-corrected chi connectivity index (χ2v) is 5.97. The number of ether oxygens (including phenoxy) is 1. The summed E-state index contributed by atoms with van der Waals surface area (Å²) in [6.07, 6.45) is 3.83. The van der Waals surface area contributed by atoms with Gasteiger partial charge in [-0.05, 0) is 45.5 Å². The van der Waals surface area contributed by atoms with Crippen LogP contribution in [0.15, 0.2) is 5.10 Å². The van der Waals surface area contributed by atoms with Crippen molar-refractivity contribution < 1.29 is 9.77 Å². The van der Waals surface area contributed by atoms with Crippen molar-refractivity contribution in [2.75, 3.05) is 39.6 Å². The van der Waals surface area contributed by atoms with Crippen LogP contribution in [0, 0.1) is 16.0 Å². The fraction of sp³-hybridized carbons (Fsp3) is 0.917. The highest BCUT2D eigenvalue weighted by atomic mass is 32.2. The molecule has 2 unspecified atom stereocenters. The van der Waals surface area contributed by atoms with E-state index >= 15 is 0 Å². The summed E-state index contributed by atoms with van der Waals surface area (Å²) >= 11 is 1.25. The minimum atomic E-state index is -0.669. The summed E-state index contributed by atoms with van der Waals surface area (Å²) in [5.74, 6) is 0.640. The van der Waals surface area contributed by atoms with E-state index < -0.39 is 5.03 Å². The second-order valence-electron chi connectivity index (χ2n) is 5.17. The molecule has 0 aromatic heterocycles. The van der Waals surface area contributed by atoms with Gasteiger partial charge in [-0.2, -0.15) is 0 Å². The highest BCUT2D eigenvalue weighted by Gasteiger charge is 2.17. The molecule has 116 valence electrons. The smallest absolute Gasteiger partial charge is 0.234 e. The van der Waals surface area contributed by atoms with Gasteiger partial charge in [-0.15, -0.1) is 0 Å². The summed E-state index contributed by atoms with van der Waals surface area (Å²) in [7, 11) is 2.10. The molecule has 1 N–H and O–H groups in total. The van der Waals surface area contributed by atoms with E-state index in [9.17, 15) is 10.1 Å². The molecule has 0 bridgehead atoms. The Morgan fingerprint density at radius 3 is 3.00 bits per heavy atom. The van der Waals surface area contributed by atoms with E-state index in [2.05, 4.69) is 22.4 Å². The van der Waals surface area contributed by atoms with Crippen LogP contribution in [0.5, 0.6) is 0 Å². The van der Waals surface area contributed by atoms with Gasteiger partial charge in [0.05, 0.1) is 11.7 Å². The number of nitro groups is 1. The molecular weight excluding hydrogens is 280 g/mol. The molecule has 0 spiro atoms. The van der Waals surface area contributed by atoms with Crippen LogP contribution in [-0.2, 0) is 4.74 Å². The molecule has 1 saturated heterocycles. The number of hydrogen-bond acceptors (Lipinski definition) is 5. The molecule has 0 aromatic carbocycles. The SMILES string of the molecule is CSC(=N[N+](=O)[O-])NC(C)CCN(C)CC1CCOC1. The predicted octanol–water partition coefficient (Wildman–Crippen LogP) is 1.23. The molecule has 1 heterocycles. The Morgan fingerprint density at radius 2 is 2.45 bits per heavy atom. The van der Waals surface area contributed by atoms with E-state index in [-0.39, 0.29) is 6.04 Å². The Labute approximate surface area is 124 Å². The van der Waals surface area contributed by atoms with Crippen LogP contribution in [0.1, 0.15) is 19.8 Å². The maximum atomic E-state index is 10.4. The Kier molecular flexibility index (Phi) is 7.86. The number of thioether (sulfide) groups is 1. The number of rotatable bonds is 7. The van der Waals surface area contributed by atoms with Crippen LogP contribution in [0.3, 0.4) is 0 Å². The fourth-order valence-corrected chi connectivity index (χ4v) is 2.63. The van der Waals surface area contributed by atoms with Gasteiger partial charge < -0.3 is 15.0 Å². The van der Waals surface area contributed by atoms with Crippen molar-refractivity contribution in [2.45, 2.75) is 25.8 Å². The number of hydrogen-bond donors (Lipinski definition) is 1. The molecular formula is C12H24N4O3S. The lowest BCUT2D eigenvalue weighted by Crippen LogP contribution is -2.35.